The SMILES string of the molecule is CCC.CS(=O)(=O)c1ccc2ccccc2c1. The van der Waals surface area contributed by atoms with Gasteiger partial charge in [-0.3, -0.25) is 0 Å². The molecular weight excluding hydrogens is 232 g/mol. The van der Waals surface area contributed by atoms with Crippen LogP contribution in [0.15, 0.2) is 47.4 Å². The van der Waals surface area contributed by atoms with Crippen LogP contribution in [0.5, 0.6) is 0 Å². The molecule has 0 aliphatic carbocycles. The van der Waals surface area contributed by atoms with E-state index < -0.39 is 9.84 Å². The fourth-order valence-corrected chi connectivity index (χ4v) is 2.05. The van der Waals surface area contributed by atoms with Crippen LogP contribution in [0.1, 0.15) is 20.3 Å². The van der Waals surface area contributed by atoms with Gasteiger partial charge < -0.3 is 0 Å². The molecule has 2 rings (SSSR count). The Balaban J connectivity index is 0.000000437. The van der Waals surface area contributed by atoms with Gasteiger partial charge in [-0.05, 0) is 22.9 Å². The van der Waals surface area contributed by atoms with Crippen LogP contribution in [0.25, 0.3) is 10.8 Å². The Morgan fingerprint density at radius 1 is 0.941 bits per heavy atom. The third-order valence-electron chi connectivity index (χ3n) is 2.15. The van der Waals surface area contributed by atoms with E-state index in [1.54, 1.807) is 12.1 Å². The van der Waals surface area contributed by atoms with Gasteiger partial charge in [0, 0.05) is 6.26 Å². The molecule has 0 spiro atoms. The van der Waals surface area contributed by atoms with E-state index in [9.17, 15) is 8.42 Å². The summed E-state index contributed by atoms with van der Waals surface area (Å²) in [4.78, 5) is 0.371. The van der Waals surface area contributed by atoms with Crippen LogP contribution in [0, 0.1) is 0 Å². The minimum Gasteiger partial charge on any atom is -0.224 e. The molecule has 0 atom stereocenters. The number of hydrogen-bond donors (Lipinski definition) is 0. The van der Waals surface area contributed by atoms with Crippen molar-refractivity contribution in [2.24, 2.45) is 0 Å². The summed E-state index contributed by atoms with van der Waals surface area (Å²) in [7, 11) is -3.09. The molecule has 0 aromatic heterocycles. The highest BCUT2D eigenvalue weighted by Crippen LogP contribution is 2.18. The number of hydrogen-bond acceptors (Lipinski definition) is 2. The second-order valence-electron chi connectivity index (χ2n) is 3.99. The van der Waals surface area contributed by atoms with Crippen LogP contribution in [0.4, 0.5) is 0 Å². The lowest BCUT2D eigenvalue weighted by atomic mass is 10.1. The molecule has 0 unspecified atom stereocenters. The van der Waals surface area contributed by atoms with Crippen LogP contribution < -0.4 is 0 Å². The molecule has 17 heavy (non-hydrogen) atoms. The van der Waals surface area contributed by atoms with Crippen molar-refractivity contribution in [1.82, 2.24) is 0 Å². The summed E-state index contributed by atoms with van der Waals surface area (Å²) in [5.41, 5.74) is 0. The van der Waals surface area contributed by atoms with Crippen LogP contribution >= 0.6 is 0 Å². The zero-order chi connectivity index (χ0) is 12.9. The van der Waals surface area contributed by atoms with Gasteiger partial charge >= 0.3 is 0 Å². The minimum absolute atomic E-state index is 0.371. The molecule has 0 radical (unpaired) electrons. The highest BCUT2D eigenvalue weighted by molar-refractivity contribution is 7.90. The third-order valence-corrected chi connectivity index (χ3v) is 3.26. The lowest BCUT2D eigenvalue weighted by Crippen LogP contribution is -1.96. The van der Waals surface area contributed by atoms with Gasteiger partial charge in [-0.25, -0.2) is 8.42 Å². The van der Waals surface area contributed by atoms with Gasteiger partial charge in [0.25, 0.3) is 0 Å². The van der Waals surface area contributed by atoms with Gasteiger partial charge in [-0.2, -0.15) is 0 Å². The van der Waals surface area contributed by atoms with E-state index in [1.807, 2.05) is 30.3 Å². The molecule has 0 saturated heterocycles. The van der Waals surface area contributed by atoms with E-state index in [4.69, 9.17) is 0 Å². The standard InChI is InChI=1S/C11H10O2S.C3H8/c1-14(12,13)11-7-6-9-4-2-3-5-10(9)8-11;1-3-2/h2-8H,1H3;3H2,1-2H3. The van der Waals surface area contributed by atoms with Crippen molar-refractivity contribution >= 4 is 20.6 Å². The predicted octanol–water partition coefficient (Wildman–Crippen LogP) is 3.66. The summed E-state index contributed by atoms with van der Waals surface area (Å²) in [6.07, 6.45) is 2.47. The van der Waals surface area contributed by atoms with Crippen molar-refractivity contribution in [3.8, 4) is 0 Å². The van der Waals surface area contributed by atoms with Crippen molar-refractivity contribution in [3.63, 3.8) is 0 Å². The second kappa shape index (κ2) is 5.82. The van der Waals surface area contributed by atoms with Gasteiger partial charge in [-0.1, -0.05) is 50.6 Å². The maximum atomic E-state index is 11.3. The van der Waals surface area contributed by atoms with Crippen molar-refractivity contribution in [3.05, 3.63) is 42.5 Å². The lowest BCUT2D eigenvalue weighted by Gasteiger charge is -2.00. The highest BCUT2D eigenvalue weighted by atomic mass is 32.2. The molecule has 0 saturated carbocycles. The quantitative estimate of drug-likeness (QED) is 0.774. The highest BCUT2D eigenvalue weighted by Gasteiger charge is 2.06. The first-order valence-electron chi connectivity index (χ1n) is 5.68. The molecule has 0 aliphatic rings. The van der Waals surface area contributed by atoms with E-state index in [0.29, 0.717) is 4.90 Å². The average molecular weight is 250 g/mol. The Labute approximate surface area is 103 Å². The summed E-state index contributed by atoms with van der Waals surface area (Å²) in [5.74, 6) is 0. The van der Waals surface area contributed by atoms with Gasteiger partial charge in [-0.15, -0.1) is 0 Å². The fraction of sp³-hybridized carbons (Fsp3) is 0.286. The normalized spacial score (nSPS) is 10.8. The summed E-state index contributed by atoms with van der Waals surface area (Å²) < 4.78 is 22.6. The number of sulfone groups is 1. The topological polar surface area (TPSA) is 34.1 Å². The minimum atomic E-state index is -3.09. The van der Waals surface area contributed by atoms with Crippen LogP contribution in [-0.2, 0) is 9.84 Å². The monoisotopic (exact) mass is 250 g/mol. The molecule has 0 fully saturated rings. The van der Waals surface area contributed by atoms with Gasteiger partial charge in [0.2, 0.25) is 0 Å². The Bertz CT molecular complexity index is 586. The third kappa shape index (κ3) is 3.86. The van der Waals surface area contributed by atoms with E-state index >= 15 is 0 Å². The Morgan fingerprint density at radius 3 is 2.00 bits per heavy atom. The van der Waals surface area contributed by atoms with E-state index in [2.05, 4.69) is 13.8 Å². The molecule has 0 bridgehead atoms. The Morgan fingerprint density at radius 2 is 1.47 bits per heavy atom. The van der Waals surface area contributed by atoms with E-state index in [0.717, 1.165) is 10.8 Å². The number of benzene rings is 2. The largest absolute Gasteiger partial charge is 0.224 e. The van der Waals surface area contributed by atoms with Gasteiger partial charge in [0.15, 0.2) is 9.84 Å². The van der Waals surface area contributed by atoms with Crippen LogP contribution in [0.2, 0.25) is 0 Å². The van der Waals surface area contributed by atoms with Gasteiger partial charge in [0.1, 0.15) is 0 Å². The van der Waals surface area contributed by atoms with Crippen molar-refractivity contribution < 1.29 is 8.42 Å². The average Bonchev–Trinajstić information content (AvgIpc) is 2.28. The molecule has 0 amide bonds. The molecule has 2 nitrogen and oxygen atoms in total. The number of fused-ring (bicyclic) bond motifs is 1. The molecule has 3 heteroatoms. The maximum absolute atomic E-state index is 11.3. The molecule has 2 aromatic rings. The van der Waals surface area contributed by atoms with Crippen LogP contribution in [0.3, 0.4) is 0 Å². The first kappa shape index (κ1) is 13.7. The van der Waals surface area contributed by atoms with Crippen molar-refractivity contribution in [2.75, 3.05) is 6.26 Å². The summed E-state index contributed by atoms with van der Waals surface area (Å²) in [5, 5.41) is 2.01. The van der Waals surface area contributed by atoms with Crippen LogP contribution in [-0.4, -0.2) is 14.7 Å². The van der Waals surface area contributed by atoms with Crippen molar-refractivity contribution in [2.45, 2.75) is 25.2 Å². The molecule has 2 aromatic carbocycles. The second-order valence-corrected chi connectivity index (χ2v) is 6.00. The zero-order valence-electron chi connectivity index (χ0n) is 10.5. The molecule has 0 N–H and O–H groups in total. The summed E-state index contributed by atoms with van der Waals surface area (Å²) in [6, 6.07) is 12.9. The first-order valence-corrected chi connectivity index (χ1v) is 7.57. The Kier molecular flexibility index (Phi) is 4.70. The summed E-state index contributed by atoms with van der Waals surface area (Å²) >= 11 is 0. The smallest absolute Gasteiger partial charge is 0.175 e. The van der Waals surface area contributed by atoms with Crippen molar-refractivity contribution in [1.29, 1.82) is 0 Å². The predicted molar refractivity (Wildman–Crippen MR) is 73.0 cm³/mol. The zero-order valence-corrected chi connectivity index (χ0v) is 11.3. The lowest BCUT2D eigenvalue weighted by molar-refractivity contribution is 0.602. The molecule has 0 heterocycles. The maximum Gasteiger partial charge on any atom is 0.175 e. The first-order chi connectivity index (χ1) is 7.99. The number of rotatable bonds is 1. The van der Waals surface area contributed by atoms with E-state index in [-0.39, 0.29) is 0 Å². The van der Waals surface area contributed by atoms with E-state index in [1.165, 1.54) is 12.7 Å². The summed E-state index contributed by atoms with van der Waals surface area (Å²) in [6.45, 7) is 4.25. The molecule has 0 aliphatic heterocycles. The Hall–Kier alpha value is -1.35. The fourth-order valence-electron chi connectivity index (χ4n) is 1.40. The van der Waals surface area contributed by atoms with Gasteiger partial charge in [0.05, 0.1) is 4.90 Å². The molecular formula is C14H18O2S. The molecule has 92 valence electrons.